The highest BCUT2D eigenvalue weighted by atomic mass is 19.4. The minimum absolute atomic E-state index is 0.0677. The van der Waals surface area contributed by atoms with Crippen LogP contribution >= 0.6 is 0 Å². The average molecular weight is 219 g/mol. The number of hydrogen-bond acceptors (Lipinski definition) is 3. The maximum Gasteiger partial charge on any atom is 0.450 e. The van der Waals surface area contributed by atoms with E-state index in [2.05, 4.69) is 4.98 Å². The number of ether oxygens (including phenoxy) is 1. The van der Waals surface area contributed by atoms with Gasteiger partial charge < -0.3 is 4.74 Å². The fourth-order valence-electron chi connectivity index (χ4n) is 0.901. The molecule has 1 heterocycles. The predicted molar refractivity (Wildman–Crippen MR) is 45.6 cm³/mol. The van der Waals surface area contributed by atoms with Crippen molar-refractivity contribution >= 4 is 5.78 Å². The molecule has 0 saturated heterocycles. The lowest BCUT2D eigenvalue weighted by Crippen LogP contribution is -2.24. The minimum Gasteiger partial charge on any atom is -0.495 e. The molecule has 1 aromatic rings. The zero-order chi connectivity index (χ0) is 11.5. The van der Waals surface area contributed by atoms with Gasteiger partial charge in [-0.1, -0.05) is 0 Å². The Balaban J connectivity index is 2.70. The highest BCUT2D eigenvalue weighted by Gasteiger charge is 2.37. The summed E-state index contributed by atoms with van der Waals surface area (Å²) < 4.78 is 40.4. The zero-order valence-electron chi connectivity index (χ0n) is 7.84. The summed E-state index contributed by atoms with van der Waals surface area (Å²) in [6, 6.07) is 2.77. The third kappa shape index (κ3) is 3.23. The quantitative estimate of drug-likeness (QED) is 0.777. The van der Waals surface area contributed by atoms with Crippen LogP contribution in [0.4, 0.5) is 13.2 Å². The van der Waals surface area contributed by atoms with Gasteiger partial charge in [-0.2, -0.15) is 13.2 Å². The zero-order valence-corrected chi connectivity index (χ0v) is 7.84. The topological polar surface area (TPSA) is 39.2 Å². The van der Waals surface area contributed by atoms with Crippen LogP contribution in [0.5, 0.6) is 5.75 Å². The second-order valence-electron chi connectivity index (χ2n) is 2.79. The Labute approximate surface area is 83.9 Å². The maximum absolute atomic E-state index is 11.9. The van der Waals surface area contributed by atoms with E-state index in [4.69, 9.17) is 4.74 Å². The number of halogens is 3. The van der Waals surface area contributed by atoms with Gasteiger partial charge in [0.15, 0.2) is 0 Å². The molecular formula is C9H8F3NO2. The maximum atomic E-state index is 11.9. The third-order valence-corrected chi connectivity index (χ3v) is 1.69. The number of hydrogen-bond donors (Lipinski definition) is 0. The number of carbonyl (C=O) groups is 1. The predicted octanol–water partition coefficient (Wildman–Crippen LogP) is 1.76. The number of nitrogens with zero attached hydrogens (tertiary/aromatic N) is 1. The molecule has 0 atom stereocenters. The van der Waals surface area contributed by atoms with Crippen molar-refractivity contribution in [1.29, 1.82) is 0 Å². The van der Waals surface area contributed by atoms with Gasteiger partial charge in [0.25, 0.3) is 0 Å². The van der Waals surface area contributed by atoms with Crippen LogP contribution < -0.4 is 4.74 Å². The van der Waals surface area contributed by atoms with E-state index in [9.17, 15) is 18.0 Å². The lowest BCUT2D eigenvalue weighted by Gasteiger charge is -2.04. The van der Waals surface area contributed by atoms with Gasteiger partial charge in [-0.15, -0.1) is 0 Å². The molecule has 0 spiro atoms. The highest BCUT2D eigenvalue weighted by molar-refractivity contribution is 5.85. The summed E-state index contributed by atoms with van der Waals surface area (Å²) in [5.41, 5.74) is 0.0677. The molecule has 1 aromatic heterocycles. The number of Topliss-reactive ketones (excluding diaryl/α,β-unsaturated/α-hetero) is 1. The number of aromatic nitrogens is 1. The van der Waals surface area contributed by atoms with Crippen LogP contribution in [-0.2, 0) is 11.2 Å². The summed E-state index contributed by atoms with van der Waals surface area (Å²) in [6.45, 7) is 0. The van der Waals surface area contributed by atoms with Gasteiger partial charge in [-0.25, -0.2) is 0 Å². The standard InChI is InChI=1S/C9H8F3NO2/c1-15-7-3-2-6(13-5-7)4-8(14)9(10,11)12/h2-3,5H,4H2,1H3. The van der Waals surface area contributed by atoms with Crippen molar-refractivity contribution in [3.05, 3.63) is 24.0 Å². The van der Waals surface area contributed by atoms with E-state index in [-0.39, 0.29) is 5.69 Å². The molecule has 0 N–H and O–H groups in total. The number of rotatable bonds is 3. The SMILES string of the molecule is COc1ccc(CC(=O)C(F)(F)F)nc1. The Hall–Kier alpha value is -1.59. The number of methoxy groups -OCH3 is 1. The molecule has 0 fully saturated rings. The first-order valence-electron chi connectivity index (χ1n) is 4.02. The van der Waals surface area contributed by atoms with E-state index in [0.29, 0.717) is 5.75 Å². The smallest absolute Gasteiger partial charge is 0.450 e. The molecule has 0 unspecified atom stereocenters. The van der Waals surface area contributed by atoms with E-state index >= 15 is 0 Å². The molecule has 0 saturated carbocycles. The molecule has 6 heteroatoms. The molecule has 3 nitrogen and oxygen atoms in total. The van der Waals surface area contributed by atoms with Gasteiger partial charge >= 0.3 is 6.18 Å². The summed E-state index contributed by atoms with van der Waals surface area (Å²) >= 11 is 0. The van der Waals surface area contributed by atoms with Crippen LogP contribution in [0.1, 0.15) is 5.69 Å². The number of pyridine rings is 1. The summed E-state index contributed by atoms with van der Waals surface area (Å²) in [5, 5.41) is 0. The van der Waals surface area contributed by atoms with Crippen molar-refractivity contribution in [3.63, 3.8) is 0 Å². The van der Waals surface area contributed by atoms with Crippen LogP contribution in [0.25, 0.3) is 0 Å². The lowest BCUT2D eigenvalue weighted by molar-refractivity contribution is -0.170. The van der Waals surface area contributed by atoms with Crippen LogP contribution in [0.3, 0.4) is 0 Å². The van der Waals surface area contributed by atoms with E-state index in [0.717, 1.165) is 0 Å². The molecule has 1 rings (SSSR count). The van der Waals surface area contributed by atoms with Gasteiger partial charge in [-0.05, 0) is 12.1 Å². The van der Waals surface area contributed by atoms with E-state index < -0.39 is 18.4 Å². The normalized spacial score (nSPS) is 11.2. The van der Waals surface area contributed by atoms with Gasteiger partial charge in [0, 0.05) is 5.69 Å². The van der Waals surface area contributed by atoms with Crippen LogP contribution in [0.15, 0.2) is 18.3 Å². The van der Waals surface area contributed by atoms with Crippen molar-refractivity contribution in [2.24, 2.45) is 0 Å². The Morgan fingerprint density at radius 3 is 2.53 bits per heavy atom. The van der Waals surface area contributed by atoms with Crippen LogP contribution in [0, 0.1) is 0 Å². The Morgan fingerprint density at radius 2 is 2.13 bits per heavy atom. The number of alkyl halides is 3. The van der Waals surface area contributed by atoms with Gasteiger partial charge in [0.2, 0.25) is 5.78 Å². The molecule has 82 valence electrons. The number of carbonyl (C=O) groups excluding carboxylic acids is 1. The Morgan fingerprint density at radius 1 is 1.47 bits per heavy atom. The van der Waals surface area contributed by atoms with Crippen molar-refractivity contribution in [2.75, 3.05) is 7.11 Å². The van der Waals surface area contributed by atoms with Crippen LogP contribution in [0.2, 0.25) is 0 Å². The largest absolute Gasteiger partial charge is 0.495 e. The molecule has 15 heavy (non-hydrogen) atoms. The molecule has 0 radical (unpaired) electrons. The van der Waals surface area contributed by atoms with Crippen molar-refractivity contribution in [2.45, 2.75) is 12.6 Å². The van der Waals surface area contributed by atoms with E-state index in [1.807, 2.05) is 0 Å². The molecule has 0 aliphatic carbocycles. The van der Waals surface area contributed by atoms with Crippen molar-refractivity contribution < 1.29 is 22.7 Å². The molecule has 0 aromatic carbocycles. The first kappa shape index (κ1) is 11.5. The summed E-state index contributed by atoms with van der Waals surface area (Å²) in [6.07, 6.45) is -4.28. The van der Waals surface area contributed by atoms with Gasteiger partial charge in [-0.3, -0.25) is 9.78 Å². The van der Waals surface area contributed by atoms with Crippen molar-refractivity contribution in [1.82, 2.24) is 4.98 Å². The highest BCUT2D eigenvalue weighted by Crippen LogP contribution is 2.18. The molecule has 0 amide bonds. The minimum atomic E-state index is -4.80. The van der Waals surface area contributed by atoms with Gasteiger partial charge in [0.05, 0.1) is 19.7 Å². The van der Waals surface area contributed by atoms with E-state index in [1.54, 1.807) is 0 Å². The summed E-state index contributed by atoms with van der Waals surface area (Å²) in [7, 11) is 1.41. The average Bonchev–Trinajstić information content (AvgIpc) is 2.17. The molecule has 0 aliphatic rings. The van der Waals surface area contributed by atoms with Crippen LogP contribution in [-0.4, -0.2) is 24.1 Å². The second kappa shape index (κ2) is 4.29. The number of ketones is 1. The Kier molecular flexibility index (Phi) is 3.28. The molecular weight excluding hydrogens is 211 g/mol. The third-order valence-electron chi connectivity index (χ3n) is 1.69. The first-order valence-corrected chi connectivity index (χ1v) is 4.02. The second-order valence-corrected chi connectivity index (χ2v) is 2.79. The summed E-state index contributed by atoms with van der Waals surface area (Å²) in [4.78, 5) is 14.2. The first-order chi connectivity index (χ1) is 6.93. The fourth-order valence-corrected chi connectivity index (χ4v) is 0.901. The summed E-state index contributed by atoms with van der Waals surface area (Å²) in [5.74, 6) is -1.38. The Bertz CT molecular complexity index is 345. The lowest BCUT2D eigenvalue weighted by atomic mass is 10.2. The fraction of sp³-hybridized carbons (Fsp3) is 0.333. The van der Waals surface area contributed by atoms with Gasteiger partial charge in [0.1, 0.15) is 5.75 Å². The molecule has 0 bridgehead atoms. The van der Waals surface area contributed by atoms with Crippen molar-refractivity contribution in [3.8, 4) is 5.75 Å². The van der Waals surface area contributed by atoms with E-state index in [1.165, 1.54) is 25.4 Å². The molecule has 0 aliphatic heterocycles. The monoisotopic (exact) mass is 219 g/mol.